The lowest BCUT2D eigenvalue weighted by Crippen LogP contribution is -2.24. The predicted octanol–water partition coefficient (Wildman–Crippen LogP) is 2.74. The van der Waals surface area contributed by atoms with Gasteiger partial charge in [0.2, 0.25) is 0 Å². The lowest BCUT2D eigenvalue weighted by atomic mass is 9.92. The van der Waals surface area contributed by atoms with E-state index < -0.39 is 5.97 Å². The standard InChI is InChI=1S/C17H21NO2/c19-17(20)16-12-18(11-15(16)14-8-9-14)10-4-7-13-5-2-1-3-6-13/h1-7,14-16H,8-12H2,(H,19,20)/b7-4+/t15-,16+/m0/s1. The Kier molecular flexibility index (Phi) is 3.88. The molecule has 0 unspecified atom stereocenters. The van der Waals surface area contributed by atoms with Crippen LogP contribution in [0.1, 0.15) is 18.4 Å². The van der Waals surface area contributed by atoms with E-state index in [0.29, 0.717) is 18.4 Å². The molecule has 3 rings (SSSR count). The largest absolute Gasteiger partial charge is 0.481 e. The number of likely N-dealkylation sites (tertiary alicyclic amines) is 1. The molecule has 0 radical (unpaired) electrons. The van der Waals surface area contributed by atoms with E-state index in [-0.39, 0.29) is 5.92 Å². The number of hydrogen-bond donors (Lipinski definition) is 1. The Balaban J connectivity index is 1.56. The highest BCUT2D eigenvalue weighted by molar-refractivity contribution is 5.71. The molecule has 0 bridgehead atoms. The SMILES string of the molecule is O=C(O)[C@@H]1CN(C/C=C/c2ccccc2)C[C@H]1C1CC1. The summed E-state index contributed by atoms with van der Waals surface area (Å²) in [5, 5.41) is 9.34. The van der Waals surface area contributed by atoms with E-state index in [4.69, 9.17) is 0 Å². The molecule has 20 heavy (non-hydrogen) atoms. The van der Waals surface area contributed by atoms with Crippen molar-refractivity contribution in [3.63, 3.8) is 0 Å². The Bertz CT molecular complexity index is 493. The first kappa shape index (κ1) is 13.4. The van der Waals surface area contributed by atoms with E-state index in [0.717, 1.165) is 13.1 Å². The van der Waals surface area contributed by atoms with Crippen LogP contribution in [-0.4, -0.2) is 35.6 Å². The summed E-state index contributed by atoms with van der Waals surface area (Å²) in [6.07, 6.45) is 6.70. The Morgan fingerprint density at radius 2 is 2.00 bits per heavy atom. The molecule has 2 aliphatic rings. The molecule has 0 aromatic heterocycles. The number of carbonyl (C=O) groups is 1. The first-order chi connectivity index (χ1) is 9.74. The van der Waals surface area contributed by atoms with Crippen LogP contribution in [0.2, 0.25) is 0 Å². The molecule has 106 valence electrons. The van der Waals surface area contributed by atoms with Gasteiger partial charge in [0.25, 0.3) is 0 Å². The second-order valence-corrected chi connectivity index (χ2v) is 5.98. The fourth-order valence-corrected chi connectivity index (χ4v) is 3.23. The van der Waals surface area contributed by atoms with Crippen LogP contribution in [0.4, 0.5) is 0 Å². The molecule has 1 heterocycles. The van der Waals surface area contributed by atoms with E-state index in [1.54, 1.807) is 0 Å². The zero-order chi connectivity index (χ0) is 13.9. The van der Waals surface area contributed by atoms with Crippen molar-refractivity contribution in [2.75, 3.05) is 19.6 Å². The molecule has 3 nitrogen and oxygen atoms in total. The predicted molar refractivity (Wildman–Crippen MR) is 79.3 cm³/mol. The highest BCUT2D eigenvalue weighted by Crippen LogP contribution is 2.43. The molecule has 1 saturated heterocycles. The Morgan fingerprint density at radius 1 is 1.25 bits per heavy atom. The summed E-state index contributed by atoms with van der Waals surface area (Å²) < 4.78 is 0. The summed E-state index contributed by atoms with van der Waals surface area (Å²) in [6.45, 7) is 2.50. The van der Waals surface area contributed by atoms with Gasteiger partial charge in [0.05, 0.1) is 5.92 Å². The number of nitrogens with zero attached hydrogens (tertiary/aromatic N) is 1. The van der Waals surface area contributed by atoms with Gasteiger partial charge in [-0.2, -0.15) is 0 Å². The van der Waals surface area contributed by atoms with Crippen molar-refractivity contribution in [2.24, 2.45) is 17.8 Å². The average molecular weight is 271 g/mol. The zero-order valence-electron chi connectivity index (χ0n) is 11.6. The van der Waals surface area contributed by atoms with Crippen molar-refractivity contribution in [1.82, 2.24) is 4.90 Å². The van der Waals surface area contributed by atoms with Gasteiger partial charge in [-0.25, -0.2) is 0 Å². The summed E-state index contributed by atoms with van der Waals surface area (Å²) in [5.41, 5.74) is 1.19. The van der Waals surface area contributed by atoms with E-state index in [2.05, 4.69) is 29.2 Å². The van der Waals surface area contributed by atoms with E-state index in [1.165, 1.54) is 18.4 Å². The third kappa shape index (κ3) is 3.10. The first-order valence-corrected chi connectivity index (χ1v) is 7.41. The van der Waals surface area contributed by atoms with Crippen molar-refractivity contribution in [3.05, 3.63) is 42.0 Å². The minimum Gasteiger partial charge on any atom is -0.481 e. The van der Waals surface area contributed by atoms with Crippen LogP contribution >= 0.6 is 0 Å². The third-order valence-corrected chi connectivity index (χ3v) is 4.46. The van der Waals surface area contributed by atoms with Crippen LogP contribution in [0.5, 0.6) is 0 Å². The van der Waals surface area contributed by atoms with Crippen molar-refractivity contribution in [1.29, 1.82) is 0 Å². The lowest BCUT2D eigenvalue weighted by molar-refractivity contribution is -0.142. The molecule has 1 N–H and O–H groups in total. The van der Waals surface area contributed by atoms with E-state index in [1.807, 2.05) is 18.2 Å². The van der Waals surface area contributed by atoms with Crippen LogP contribution in [0.3, 0.4) is 0 Å². The van der Waals surface area contributed by atoms with Crippen LogP contribution in [0.15, 0.2) is 36.4 Å². The third-order valence-electron chi connectivity index (χ3n) is 4.46. The molecule has 2 atom stereocenters. The summed E-state index contributed by atoms with van der Waals surface area (Å²) in [4.78, 5) is 13.6. The molecule has 1 aromatic rings. The highest BCUT2D eigenvalue weighted by atomic mass is 16.4. The number of aliphatic carboxylic acids is 1. The number of rotatable bonds is 5. The quantitative estimate of drug-likeness (QED) is 0.895. The second-order valence-electron chi connectivity index (χ2n) is 5.98. The Hall–Kier alpha value is -1.61. The van der Waals surface area contributed by atoms with Crippen molar-refractivity contribution in [3.8, 4) is 0 Å². The molecule has 2 fully saturated rings. The minimum absolute atomic E-state index is 0.160. The molecular formula is C17H21NO2. The van der Waals surface area contributed by atoms with Gasteiger partial charge in [-0.1, -0.05) is 42.5 Å². The zero-order valence-corrected chi connectivity index (χ0v) is 11.6. The first-order valence-electron chi connectivity index (χ1n) is 7.41. The molecule has 1 saturated carbocycles. The molecule has 1 aliphatic carbocycles. The van der Waals surface area contributed by atoms with Gasteiger partial charge in [0, 0.05) is 19.6 Å². The smallest absolute Gasteiger partial charge is 0.308 e. The highest BCUT2D eigenvalue weighted by Gasteiger charge is 2.45. The fraction of sp³-hybridized carbons (Fsp3) is 0.471. The maximum absolute atomic E-state index is 11.3. The second kappa shape index (κ2) is 5.80. The monoisotopic (exact) mass is 271 g/mol. The number of hydrogen-bond acceptors (Lipinski definition) is 2. The van der Waals surface area contributed by atoms with Crippen molar-refractivity contribution in [2.45, 2.75) is 12.8 Å². The minimum atomic E-state index is -0.614. The van der Waals surface area contributed by atoms with Crippen molar-refractivity contribution < 1.29 is 9.90 Å². The van der Waals surface area contributed by atoms with Crippen LogP contribution < -0.4 is 0 Å². The molecule has 0 amide bonds. The molecule has 1 aromatic carbocycles. The van der Waals surface area contributed by atoms with Crippen molar-refractivity contribution >= 4 is 12.0 Å². The maximum atomic E-state index is 11.3. The van der Waals surface area contributed by atoms with E-state index in [9.17, 15) is 9.90 Å². The molecule has 0 spiro atoms. The summed E-state index contributed by atoms with van der Waals surface area (Å²) >= 11 is 0. The van der Waals surface area contributed by atoms with Gasteiger partial charge in [-0.15, -0.1) is 0 Å². The van der Waals surface area contributed by atoms with E-state index >= 15 is 0 Å². The van der Waals surface area contributed by atoms with Gasteiger partial charge >= 0.3 is 5.97 Å². The van der Waals surface area contributed by atoms with Gasteiger partial charge in [0.15, 0.2) is 0 Å². The van der Waals surface area contributed by atoms with Gasteiger partial charge in [-0.3, -0.25) is 9.69 Å². The average Bonchev–Trinajstić information content (AvgIpc) is 3.20. The summed E-state index contributed by atoms with van der Waals surface area (Å²) in [6, 6.07) is 10.2. The number of carboxylic acids is 1. The fourth-order valence-electron chi connectivity index (χ4n) is 3.23. The van der Waals surface area contributed by atoms with Gasteiger partial charge < -0.3 is 5.11 Å². The molecule has 1 aliphatic heterocycles. The number of benzene rings is 1. The normalized spacial score (nSPS) is 27.2. The number of carboxylic acid groups (broad SMARTS) is 1. The maximum Gasteiger partial charge on any atom is 0.308 e. The topological polar surface area (TPSA) is 40.5 Å². The molecule has 3 heteroatoms. The summed E-state index contributed by atoms with van der Waals surface area (Å²) in [7, 11) is 0. The van der Waals surface area contributed by atoms with Crippen LogP contribution in [0, 0.1) is 17.8 Å². The lowest BCUT2D eigenvalue weighted by Gasteiger charge is -2.13. The Labute approximate surface area is 119 Å². The van der Waals surface area contributed by atoms with Gasteiger partial charge in [-0.05, 0) is 30.2 Å². The van der Waals surface area contributed by atoms with Crippen LogP contribution in [0.25, 0.3) is 6.08 Å². The summed E-state index contributed by atoms with van der Waals surface area (Å²) in [5.74, 6) is 0.265. The Morgan fingerprint density at radius 3 is 2.65 bits per heavy atom. The van der Waals surface area contributed by atoms with Crippen LogP contribution in [-0.2, 0) is 4.79 Å². The molecular weight excluding hydrogens is 250 g/mol. The van der Waals surface area contributed by atoms with Gasteiger partial charge in [0.1, 0.15) is 0 Å².